The van der Waals surface area contributed by atoms with Crippen molar-refractivity contribution >= 4 is 5.97 Å². The van der Waals surface area contributed by atoms with Crippen LogP contribution in [0.15, 0.2) is 30.2 Å². The molecule has 0 N–H and O–H groups in total. The highest BCUT2D eigenvalue weighted by Crippen LogP contribution is 2.40. The van der Waals surface area contributed by atoms with Crippen molar-refractivity contribution in [1.29, 1.82) is 0 Å². The van der Waals surface area contributed by atoms with Crippen molar-refractivity contribution in [3.8, 4) is 17.2 Å². The van der Waals surface area contributed by atoms with Gasteiger partial charge >= 0.3 is 5.97 Å². The Morgan fingerprint density at radius 3 is 2.94 bits per heavy atom. The average Bonchev–Trinajstić information content (AvgIpc) is 2.37. The molecule has 0 atom stereocenters. The van der Waals surface area contributed by atoms with Crippen LogP contribution in [0.3, 0.4) is 0 Å². The van der Waals surface area contributed by atoms with Gasteiger partial charge in [-0.05, 0) is 19.1 Å². The number of fused-ring (bicyclic) bond motifs is 1. The van der Waals surface area contributed by atoms with Gasteiger partial charge in [-0.1, -0.05) is 6.07 Å². The summed E-state index contributed by atoms with van der Waals surface area (Å²) in [5.74, 6) is 0.883. The Labute approximate surface area is 98.5 Å². The first-order valence-electron chi connectivity index (χ1n) is 5.15. The molecule has 5 nitrogen and oxygen atoms in total. The lowest BCUT2D eigenvalue weighted by Crippen LogP contribution is -2.16. The van der Waals surface area contributed by atoms with Gasteiger partial charge in [0.15, 0.2) is 11.5 Å². The molecule has 1 aliphatic rings. The van der Waals surface area contributed by atoms with Gasteiger partial charge in [0.1, 0.15) is 6.26 Å². The Bertz CT molecular complexity index is 464. The minimum absolute atomic E-state index is 0.0209. The first kappa shape index (κ1) is 11.3. The Morgan fingerprint density at radius 1 is 1.41 bits per heavy atom. The van der Waals surface area contributed by atoms with Crippen LogP contribution in [0.1, 0.15) is 6.92 Å². The van der Waals surface area contributed by atoms with Gasteiger partial charge in [0, 0.05) is 0 Å². The number of benzene rings is 1. The maximum absolute atomic E-state index is 11.4. The van der Waals surface area contributed by atoms with Crippen LogP contribution in [0.4, 0.5) is 0 Å². The molecule has 0 bridgehead atoms. The highest BCUT2D eigenvalue weighted by atomic mass is 16.6. The summed E-state index contributed by atoms with van der Waals surface area (Å²) in [7, 11) is 1.53. The summed E-state index contributed by atoms with van der Waals surface area (Å²) >= 11 is 0. The van der Waals surface area contributed by atoms with E-state index in [1.807, 2.05) is 0 Å². The van der Waals surface area contributed by atoms with Gasteiger partial charge < -0.3 is 18.9 Å². The Kier molecular flexibility index (Phi) is 3.18. The molecule has 0 unspecified atom stereocenters. The van der Waals surface area contributed by atoms with E-state index in [0.29, 0.717) is 17.2 Å². The summed E-state index contributed by atoms with van der Waals surface area (Å²) in [6.45, 7) is 2.00. The third-order valence-corrected chi connectivity index (χ3v) is 2.14. The van der Waals surface area contributed by atoms with Gasteiger partial charge in [0.25, 0.3) is 0 Å². The molecule has 90 valence electrons. The van der Waals surface area contributed by atoms with Crippen molar-refractivity contribution in [1.82, 2.24) is 0 Å². The number of para-hydroxylation sites is 1. The van der Waals surface area contributed by atoms with E-state index in [0.717, 1.165) is 0 Å². The maximum atomic E-state index is 11.4. The Hall–Kier alpha value is -2.17. The van der Waals surface area contributed by atoms with E-state index < -0.39 is 5.97 Å². The lowest BCUT2D eigenvalue weighted by Gasteiger charge is -2.18. The van der Waals surface area contributed by atoms with Crippen LogP contribution in [-0.4, -0.2) is 19.7 Å². The molecule has 17 heavy (non-hydrogen) atoms. The molecule has 2 rings (SSSR count). The third-order valence-electron chi connectivity index (χ3n) is 2.14. The predicted molar refractivity (Wildman–Crippen MR) is 59.0 cm³/mol. The molecule has 1 aliphatic heterocycles. The predicted octanol–water partition coefficient (Wildman–Crippen LogP) is 1.87. The van der Waals surface area contributed by atoms with Crippen LogP contribution in [-0.2, 0) is 9.53 Å². The highest BCUT2D eigenvalue weighted by molar-refractivity contribution is 5.87. The number of carbonyl (C=O) groups is 1. The summed E-state index contributed by atoms with van der Waals surface area (Å²) in [6, 6.07) is 5.17. The monoisotopic (exact) mass is 236 g/mol. The second-order valence-electron chi connectivity index (χ2n) is 3.21. The topological polar surface area (TPSA) is 54.0 Å². The molecule has 1 heterocycles. The molecule has 0 aromatic heterocycles. The number of ether oxygens (including phenoxy) is 4. The van der Waals surface area contributed by atoms with Crippen LogP contribution in [0.25, 0.3) is 0 Å². The molecule has 0 saturated heterocycles. The SMILES string of the molecule is CCOC(=O)C1=COc2c(OC)cccc2O1. The summed E-state index contributed by atoms with van der Waals surface area (Å²) in [4.78, 5) is 11.4. The summed E-state index contributed by atoms with van der Waals surface area (Å²) < 4.78 is 20.6. The molecule has 0 spiro atoms. The van der Waals surface area contributed by atoms with Crippen molar-refractivity contribution in [3.05, 3.63) is 30.2 Å². The zero-order valence-electron chi connectivity index (χ0n) is 9.56. The second-order valence-corrected chi connectivity index (χ2v) is 3.21. The average molecular weight is 236 g/mol. The number of hydrogen-bond acceptors (Lipinski definition) is 5. The van der Waals surface area contributed by atoms with E-state index in [2.05, 4.69) is 0 Å². The first-order valence-corrected chi connectivity index (χ1v) is 5.15. The number of esters is 1. The van der Waals surface area contributed by atoms with Crippen molar-refractivity contribution in [2.24, 2.45) is 0 Å². The molecule has 0 amide bonds. The molecule has 0 radical (unpaired) electrons. The van der Waals surface area contributed by atoms with Gasteiger partial charge in [-0.15, -0.1) is 0 Å². The van der Waals surface area contributed by atoms with Gasteiger partial charge in [-0.2, -0.15) is 0 Å². The third kappa shape index (κ3) is 2.18. The fraction of sp³-hybridized carbons (Fsp3) is 0.250. The van der Waals surface area contributed by atoms with Gasteiger partial charge in [-0.25, -0.2) is 4.79 Å². The lowest BCUT2D eigenvalue weighted by molar-refractivity contribution is -0.141. The quantitative estimate of drug-likeness (QED) is 0.750. The first-order chi connectivity index (χ1) is 8.26. The van der Waals surface area contributed by atoms with Crippen molar-refractivity contribution in [2.45, 2.75) is 6.92 Å². The Balaban J connectivity index is 2.23. The smallest absolute Gasteiger partial charge is 0.377 e. The fourth-order valence-electron chi connectivity index (χ4n) is 1.40. The molecule has 0 fully saturated rings. The lowest BCUT2D eigenvalue weighted by atomic mass is 10.3. The summed E-state index contributed by atoms with van der Waals surface area (Å²) in [5, 5.41) is 0. The van der Waals surface area contributed by atoms with Crippen LogP contribution < -0.4 is 14.2 Å². The van der Waals surface area contributed by atoms with Gasteiger partial charge in [0.05, 0.1) is 13.7 Å². The normalized spacial score (nSPS) is 12.7. The van der Waals surface area contributed by atoms with Crippen LogP contribution in [0.2, 0.25) is 0 Å². The number of rotatable bonds is 3. The van der Waals surface area contributed by atoms with E-state index in [-0.39, 0.29) is 12.4 Å². The van der Waals surface area contributed by atoms with Crippen LogP contribution >= 0.6 is 0 Å². The van der Waals surface area contributed by atoms with Crippen molar-refractivity contribution in [2.75, 3.05) is 13.7 Å². The molecular weight excluding hydrogens is 224 g/mol. The number of hydrogen-bond donors (Lipinski definition) is 0. The van der Waals surface area contributed by atoms with Gasteiger partial charge in [0.2, 0.25) is 11.5 Å². The molecule has 5 heteroatoms. The summed E-state index contributed by atoms with van der Waals surface area (Å²) in [6.07, 6.45) is 1.21. The standard InChI is InChI=1S/C12H12O5/c1-3-15-12(13)10-7-16-11-8(14-2)5-4-6-9(11)17-10/h4-7H,3H2,1-2H3. The van der Waals surface area contributed by atoms with Crippen LogP contribution in [0, 0.1) is 0 Å². The second kappa shape index (κ2) is 4.78. The maximum Gasteiger partial charge on any atom is 0.377 e. The van der Waals surface area contributed by atoms with Gasteiger partial charge in [-0.3, -0.25) is 0 Å². The summed E-state index contributed by atoms with van der Waals surface area (Å²) in [5.41, 5.74) is 0. The molecule has 1 aromatic carbocycles. The van der Waals surface area contributed by atoms with E-state index in [1.54, 1.807) is 25.1 Å². The largest absolute Gasteiger partial charge is 0.493 e. The highest BCUT2D eigenvalue weighted by Gasteiger charge is 2.23. The minimum Gasteiger partial charge on any atom is -0.493 e. The van der Waals surface area contributed by atoms with Crippen molar-refractivity contribution in [3.63, 3.8) is 0 Å². The fourth-order valence-corrected chi connectivity index (χ4v) is 1.40. The zero-order valence-corrected chi connectivity index (χ0v) is 9.56. The zero-order chi connectivity index (χ0) is 12.3. The van der Waals surface area contributed by atoms with Crippen LogP contribution in [0.5, 0.6) is 17.2 Å². The van der Waals surface area contributed by atoms with E-state index in [4.69, 9.17) is 18.9 Å². The molecule has 0 aliphatic carbocycles. The van der Waals surface area contributed by atoms with E-state index >= 15 is 0 Å². The van der Waals surface area contributed by atoms with E-state index in [9.17, 15) is 4.79 Å². The number of carbonyl (C=O) groups excluding carboxylic acids is 1. The minimum atomic E-state index is -0.555. The van der Waals surface area contributed by atoms with E-state index in [1.165, 1.54) is 13.4 Å². The molecule has 1 aromatic rings. The van der Waals surface area contributed by atoms with Crippen molar-refractivity contribution < 1.29 is 23.7 Å². The molecular formula is C12H12O5. The molecule has 0 saturated carbocycles. The Morgan fingerprint density at radius 2 is 2.24 bits per heavy atom. The number of methoxy groups -OCH3 is 1.